The number of nitrogens with zero attached hydrogens (tertiary/aromatic N) is 1. The molecule has 1 fully saturated rings. The molecule has 0 aliphatic carbocycles. The highest BCUT2D eigenvalue weighted by Gasteiger charge is 2.30. The van der Waals surface area contributed by atoms with E-state index in [-0.39, 0.29) is 5.97 Å². The Labute approximate surface area is 110 Å². The largest absolute Gasteiger partial charge is 0.468 e. The smallest absolute Gasteiger partial charge is 0.325 e. The van der Waals surface area contributed by atoms with E-state index in [9.17, 15) is 4.79 Å². The SMILES string of the molecule is COC(=O)C(C)(N)CCCN(C)C1CCOC1C. The Morgan fingerprint density at radius 3 is 2.78 bits per heavy atom. The Bertz CT molecular complexity index is 281. The van der Waals surface area contributed by atoms with Crippen molar-refractivity contribution in [2.24, 2.45) is 5.73 Å². The predicted octanol–water partition coefficient (Wildman–Crippen LogP) is 0.766. The summed E-state index contributed by atoms with van der Waals surface area (Å²) in [6, 6.07) is 0.479. The minimum absolute atomic E-state index is 0.292. The van der Waals surface area contributed by atoms with Gasteiger partial charge in [-0.15, -0.1) is 0 Å². The second-order valence-electron chi connectivity index (χ2n) is 5.43. The molecular formula is C13H26N2O3. The average molecular weight is 258 g/mol. The normalized spacial score (nSPS) is 27.2. The van der Waals surface area contributed by atoms with Gasteiger partial charge in [0.15, 0.2) is 0 Å². The van der Waals surface area contributed by atoms with Crippen LogP contribution in [0.5, 0.6) is 0 Å². The number of nitrogens with two attached hydrogens (primary N) is 1. The third-order valence-corrected chi connectivity index (χ3v) is 3.76. The molecule has 0 aromatic heterocycles. The van der Waals surface area contributed by atoms with Gasteiger partial charge in [-0.05, 0) is 46.7 Å². The van der Waals surface area contributed by atoms with E-state index in [1.807, 2.05) is 0 Å². The molecule has 0 spiro atoms. The molecule has 5 nitrogen and oxygen atoms in total. The molecule has 1 aliphatic rings. The summed E-state index contributed by atoms with van der Waals surface area (Å²) < 4.78 is 10.2. The summed E-state index contributed by atoms with van der Waals surface area (Å²) in [6.45, 7) is 5.59. The monoisotopic (exact) mass is 258 g/mol. The summed E-state index contributed by atoms with van der Waals surface area (Å²) in [5.41, 5.74) is 5.04. The van der Waals surface area contributed by atoms with Crippen molar-refractivity contribution in [3.05, 3.63) is 0 Å². The number of esters is 1. The summed E-state index contributed by atoms with van der Waals surface area (Å²) in [5, 5.41) is 0. The van der Waals surface area contributed by atoms with Crippen molar-refractivity contribution in [3.63, 3.8) is 0 Å². The van der Waals surface area contributed by atoms with Gasteiger partial charge in [0, 0.05) is 12.6 Å². The fourth-order valence-corrected chi connectivity index (χ4v) is 2.50. The van der Waals surface area contributed by atoms with Crippen LogP contribution in [0.4, 0.5) is 0 Å². The number of carbonyl (C=O) groups is 1. The van der Waals surface area contributed by atoms with Crippen molar-refractivity contribution in [3.8, 4) is 0 Å². The Kier molecular flexibility index (Phi) is 5.56. The van der Waals surface area contributed by atoms with Gasteiger partial charge in [-0.25, -0.2) is 0 Å². The molecule has 0 amide bonds. The molecule has 3 atom stereocenters. The first kappa shape index (κ1) is 15.4. The summed E-state index contributed by atoms with van der Waals surface area (Å²) >= 11 is 0. The number of carbonyl (C=O) groups excluding carboxylic acids is 1. The number of hydrogen-bond acceptors (Lipinski definition) is 5. The summed E-state index contributed by atoms with van der Waals surface area (Å²) in [7, 11) is 3.47. The lowest BCUT2D eigenvalue weighted by Crippen LogP contribution is -2.46. The van der Waals surface area contributed by atoms with E-state index in [1.165, 1.54) is 7.11 Å². The van der Waals surface area contributed by atoms with Crippen molar-refractivity contribution in [1.29, 1.82) is 0 Å². The zero-order valence-corrected chi connectivity index (χ0v) is 11.9. The van der Waals surface area contributed by atoms with Crippen LogP contribution in [0.25, 0.3) is 0 Å². The topological polar surface area (TPSA) is 64.8 Å². The van der Waals surface area contributed by atoms with Crippen LogP contribution in [-0.4, -0.2) is 55.9 Å². The Morgan fingerprint density at radius 1 is 1.61 bits per heavy atom. The van der Waals surface area contributed by atoms with Gasteiger partial charge in [-0.3, -0.25) is 4.79 Å². The van der Waals surface area contributed by atoms with Crippen LogP contribution in [0.1, 0.15) is 33.1 Å². The van der Waals surface area contributed by atoms with Crippen LogP contribution >= 0.6 is 0 Å². The van der Waals surface area contributed by atoms with E-state index >= 15 is 0 Å². The molecule has 0 bridgehead atoms. The van der Waals surface area contributed by atoms with Crippen molar-refractivity contribution in [2.75, 3.05) is 27.3 Å². The molecule has 2 N–H and O–H groups in total. The highest BCUT2D eigenvalue weighted by molar-refractivity contribution is 5.79. The molecule has 0 aromatic rings. The summed E-state index contributed by atoms with van der Waals surface area (Å²) in [4.78, 5) is 13.7. The molecule has 1 saturated heterocycles. The lowest BCUT2D eigenvalue weighted by atomic mass is 9.97. The molecule has 1 aliphatic heterocycles. The number of likely N-dealkylation sites (N-methyl/N-ethyl adjacent to an activating group) is 1. The van der Waals surface area contributed by atoms with Crippen LogP contribution in [0.15, 0.2) is 0 Å². The van der Waals surface area contributed by atoms with E-state index in [2.05, 4.69) is 18.9 Å². The second kappa shape index (κ2) is 6.50. The van der Waals surface area contributed by atoms with Crippen molar-refractivity contribution < 1.29 is 14.3 Å². The number of ether oxygens (including phenoxy) is 2. The van der Waals surface area contributed by atoms with E-state index in [1.54, 1.807) is 6.92 Å². The Hall–Kier alpha value is -0.650. The fraction of sp³-hybridized carbons (Fsp3) is 0.923. The minimum Gasteiger partial charge on any atom is -0.468 e. The lowest BCUT2D eigenvalue weighted by Gasteiger charge is -2.28. The predicted molar refractivity (Wildman–Crippen MR) is 70.3 cm³/mol. The maximum absolute atomic E-state index is 11.4. The van der Waals surface area contributed by atoms with Gasteiger partial charge in [0.2, 0.25) is 0 Å². The zero-order valence-electron chi connectivity index (χ0n) is 11.9. The maximum atomic E-state index is 11.4. The van der Waals surface area contributed by atoms with Gasteiger partial charge < -0.3 is 20.1 Å². The quantitative estimate of drug-likeness (QED) is 0.713. The highest BCUT2D eigenvalue weighted by atomic mass is 16.5. The van der Waals surface area contributed by atoms with Crippen LogP contribution in [0.2, 0.25) is 0 Å². The summed E-state index contributed by atoms with van der Waals surface area (Å²) in [5.74, 6) is -0.345. The first-order chi connectivity index (χ1) is 8.38. The third kappa shape index (κ3) is 3.93. The van der Waals surface area contributed by atoms with Crippen molar-refractivity contribution in [2.45, 2.75) is 50.8 Å². The van der Waals surface area contributed by atoms with Crippen molar-refractivity contribution >= 4 is 5.97 Å². The van der Waals surface area contributed by atoms with Crippen LogP contribution < -0.4 is 5.73 Å². The average Bonchev–Trinajstić information content (AvgIpc) is 2.74. The number of hydrogen-bond donors (Lipinski definition) is 1. The second-order valence-corrected chi connectivity index (χ2v) is 5.43. The molecule has 106 valence electrons. The molecule has 3 unspecified atom stereocenters. The van der Waals surface area contributed by atoms with Crippen LogP contribution in [-0.2, 0) is 14.3 Å². The first-order valence-corrected chi connectivity index (χ1v) is 6.57. The molecule has 0 radical (unpaired) electrons. The van der Waals surface area contributed by atoms with Gasteiger partial charge in [0.1, 0.15) is 5.54 Å². The van der Waals surface area contributed by atoms with Gasteiger partial charge in [0.05, 0.1) is 13.2 Å². The van der Waals surface area contributed by atoms with Crippen LogP contribution in [0.3, 0.4) is 0 Å². The molecule has 0 aromatic carbocycles. The Balaban J connectivity index is 2.31. The molecular weight excluding hydrogens is 232 g/mol. The fourth-order valence-electron chi connectivity index (χ4n) is 2.50. The van der Waals surface area contributed by atoms with Crippen LogP contribution in [0, 0.1) is 0 Å². The molecule has 18 heavy (non-hydrogen) atoms. The van der Waals surface area contributed by atoms with Gasteiger partial charge >= 0.3 is 5.97 Å². The number of methoxy groups -OCH3 is 1. The van der Waals surface area contributed by atoms with Gasteiger partial charge in [-0.2, -0.15) is 0 Å². The molecule has 1 heterocycles. The standard InChI is InChI=1S/C13H26N2O3/c1-10-11(6-9-18-10)15(3)8-5-7-13(2,14)12(16)17-4/h10-11H,5-9,14H2,1-4H3. The number of rotatable bonds is 6. The maximum Gasteiger partial charge on any atom is 0.325 e. The van der Waals surface area contributed by atoms with E-state index < -0.39 is 5.54 Å². The van der Waals surface area contributed by atoms with Gasteiger partial charge in [0.25, 0.3) is 0 Å². The summed E-state index contributed by atoms with van der Waals surface area (Å²) in [6.07, 6.45) is 2.88. The zero-order chi connectivity index (χ0) is 13.8. The minimum atomic E-state index is -0.882. The lowest BCUT2D eigenvalue weighted by molar-refractivity contribution is -0.146. The van der Waals surface area contributed by atoms with E-state index in [0.29, 0.717) is 18.6 Å². The van der Waals surface area contributed by atoms with E-state index in [0.717, 1.165) is 26.0 Å². The molecule has 0 saturated carbocycles. The van der Waals surface area contributed by atoms with Crippen molar-refractivity contribution in [1.82, 2.24) is 4.90 Å². The van der Waals surface area contributed by atoms with E-state index in [4.69, 9.17) is 15.2 Å². The first-order valence-electron chi connectivity index (χ1n) is 6.57. The van der Waals surface area contributed by atoms with Gasteiger partial charge in [-0.1, -0.05) is 0 Å². The molecule has 5 heteroatoms. The Morgan fingerprint density at radius 2 is 2.28 bits per heavy atom. The highest BCUT2D eigenvalue weighted by Crippen LogP contribution is 2.19. The third-order valence-electron chi connectivity index (χ3n) is 3.76. The molecule has 1 rings (SSSR count).